The molecule has 0 spiro atoms. The molecule has 0 unspecified atom stereocenters. The lowest BCUT2D eigenvalue weighted by atomic mass is 9.94. The minimum Gasteiger partial charge on any atom is -0.384 e. The molecule has 1 aliphatic rings. The largest absolute Gasteiger partial charge is 0.384 e. The zero-order chi connectivity index (χ0) is 23.5. The molecule has 4 aromatic rings. The zero-order valence-electron chi connectivity index (χ0n) is 18.2. The molecule has 2 aromatic carbocycles. The molecule has 0 amide bonds. The van der Waals surface area contributed by atoms with E-state index < -0.39 is 5.69 Å². The second kappa shape index (κ2) is 7.69. The van der Waals surface area contributed by atoms with E-state index in [0.29, 0.717) is 11.3 Å². The molecule has 0 atom stereocenters. The minimum atomic E-state index is -0.637. The molecule has 0 saturated carbocycles. The van der Waals surface area contributed by atoms with Crippen molar-refractivity contribution in [3.8, 4) is 5.69 Å². The van der Waals surface area contributed by atoms with Gasteiger partial charge in [-0.3, -0.25) is 4.90 Å². The Morgan fingerprint density at radius 2 is 1.85 bits per heavy atom. The van der Waals surface area contributed by atoms with Gasteiger partial charge in [-0.1, -0.05) is 35.3 Å². The maximum Gasteiger partial charge on any atom is 0.355 e. The summed E-state index contributed by atoms with van der Waals surface area (Å²) < 4.78 is 1.17. The molecular formula is C23H21Cl2N7O. The van der Waals surface area contributed by atoms with Crippen LogP contribution in [0.4, 0.5) is 17.5 Å². The summed E-state index contributed by atoms with van der Waals surface area (Å²) in [5.41, 5.74) is 9.48. The molecule has 0 saturated heterocycles. The van der Waals surface area contributed by atoms with Crippen LogP contribution in [0.5, 0.6) is 0 Å². The highest BCUT2D eigenvalue weighted by molar-refractivity contribution is 6.37. The Labute approximate surface area is 200 Å². The Morgan fingerprint density at radius 3 is 2.58 bits per heavy atom. The number of hydrogen-bond donors (Lipinski definition) is 2. The number of aromatic nitrogens is 4. The van der Waals surface area contributed by atoms with Gasteiger partial charge in [-0.05, 0) is 56.3 Å². The van der Waals surface area contributed by atoms with Crippen LogP contribution in [0.3, 0.4) is 0 Å². The first-order valence-corrected chi connectivity index (χ1v) is 11.0. The average molecular weight is 482 g/mol. The van der Waals surface area contributed by atoms with Crippen molar-refractivity contribution in [2.24, 2.45) is 0 Å². The number of anilines is 3. The van der Waals surface area contributed by atoms with Crippen LogP contribution in [0, 0.1) is 0 Å². The third kappa shape index (κ3) is 3.51. The van der Waals surface area contributed by atoms with Crippen LogP contribution in [0.15, 0.2) is 47.4 Å². The smallest absolute Gasteiger partial charge is 0.355 e. The number of para-hydroxylation sites is 1. The van der Waals surface area contributed by atoms with E-state index in [1.54, 1.807) is 18.2 Å². The Balaban J connectivity index is 1.53. The maximum atomic E-state index is 12.8. The molecule has 8 nitrogen and oxygen atoms in total. The fraction of sp³-hybridized carbons (Fsp3) is 0.217. The molecular weight excluding hydrogens is 461 g/mol. The van der Waals surface area contributed by atoms with E-state index in [0.717, 1.165) is 12.2 Å². The summed E-state index contributed by atoms with van der Waals surface area (Å²) in [6, 6.07) is 11.1. The Hall–Kier alpha value is -3.20. The summed E-state index contributed by atoms with van der Waals surface area (Å²) in [5.74, 6) is 0.419. The summed E-state index contributed by atoms with van der Waals surface area (Å²) >= 11 is 12.5. The van der Waals surface area contributed by atoms with Crippen molar-refractivity contribution < 1.29 is 0 Å². The van der Waals surface area contributed by atoms with Gasteiger partial charge in [-0.2, -0.15) is 9.97 Å². The van der Waals surface area contributed by atoms with E-state index in [-0.39, 0.29) is 32.7 Å². The normalized spacial score (nSPS) is 15.1. The highest BCUT2D eigenvalue weighted by Gasteiger charge is 2.34. The molecule has 3 heterocycles. The van der Waals surface area contributed by atoms with Crippen molar-refractivity contribution in [1.82, 2.24) is 24.4 Å². The van der Waals surface area contributed by atoms with Crippen LogP contribution >= 0.6 is 23.2 Å². The Morgan fingerprint density at radius 1 is 1.12 bits per heavy atom. The summed E-state index contributed by atoms with van der Waals surface area (Å²) in [7, 11) is 2.11. The second-order valence-electron chi connectivity index (χ2n) is 8.53. The number of halogens is 2. The molecule has 0 bridgehead atoms. The Kier molecular flexibility index (Phi) is 5.04. The molecule has 168 valence electrons. The van der Waals surface area contributed by atoms with Gasteiger partial charge in [0.25, 0.3) is 0 Å². The third-order valence-corrected chi connectivity index (χ3v) is 6.83. The SMILES string of the molecule is CN1Cc2cc(Nc3ncc4c(N)n(-c5c(Cl)cccc5Cl)c(=O)nc4n3)ccc2C1(C)C. The monoisotopic (exact) mass is 481 g/mol. The maximum absolute atomic E-state index is 12.8. The highest BCUT2D eigenvalue weighted by atomic mass is 35.5. The Bertz CT molecular complexity index is 1460. The molecule has 5 rings (SSSR count). The molecule has 1 aliphatic heterocycles. The van der Waals surface area contributed by atoms with Crippen LogP contribution in [0.2, 0.25) is 10.0 Å². The number of hydrogen-bond acceptors (Lipinski definition) is 7. The molecule has 0 aliphatic carbocycles. The van der Waals surface area contributed by atoms with Gasteiger partial charge in [0.1, 0.15) is 5.82 Å². The lowest BCUT2D eigenvalue weighted by Crippen LogP contribution is -2.31. The summed E-state index contributed by atoms with van der Waals surface area (Å²) in [6.07, 6.45) is 1.53. The van der Waals surface area contributed by atoms with Gasteiger partial charge in [0.15, 0.2) is 5.65 Å². The van der Waals surface area contributed by atoms with Crippen molar-refractivity contribution in [3.63, 3.8) is 0 Å². The van der Waals surface area contributed by atoms with Gasteiger partial charge < -0.3 is 11.1 Å². The number of nitrogens with zero attached hydrogens (tertiary/aromatic N) is 5. The highest BCUT2D eigenvalue weighted by Crippen LogP contribution is 2.38. The van der Waals surface area contributed by atoms with Gasteiger partial charge in [-0.15, -0.1) is 0 Å². The van der Waals surface area contributed by atoms with Crippen LogP contribution < -0.4 is 16.7 Å². The minimum absolute atomic E-state index is 0.0147. The van der Waals surface area contributed by atoms with Gasteiger partial charge in [-0.25, -0.2) is 14.3 Å². The van der Waals surface area contributed by atoms with Crippen LogP contribution in [-0.2, 0) is 12.1 Å². The van der Waals surface area contributed by atoms with Crippen LogP contribution in [0.25, 0.3) is 16.7 Å². The van der Waals surface area contributed by atoms with Crippen molar-refractivity contribution in [3.05, 3.63) is 74.3 Å². The van der Waals surface area contributed by atoms with Gasteiger partial charge in [0, 0.05) is 24.0 Å². The standard InChI is InChI=1S/C23H21Cl2N7O/c1-23(2)15-8-7-13(9-12(15)11-31(23)3)28-21-27-10-14-19(26)32(22(33)30-20(14)29-21)18-16(24)5-4-6-17(18)25/h4-10H,11,26H2,1-3H3,(H,28,29,30,33). The summed E-state index contributed by atoms with van der Waals surface area (Å²) in [5, 5.41) is 4.17. The average Bonchev–Trinajstić information content (AvgIpc) is 2.97. The number of nitrogens with two attached hydrogens (primary N) is 1. The predicted octanol–water partition coefficient (Wildman–Crippen LogP) is 4.49. The van der Waals surface area contributed by atoms with Crippen molar-refractivity contribution in [1.29, 1.82) is 0 Å². The van der Waals surface area contributed by atoms with E-state index in [9.17, 15) is 4.79 Å². The van der Waals surface area contributed by atoms with E-state index in [2.05, 4.69) is 58.2 Å². The third-order valence-electron chi connectivity index (χ3n) is 6.22. The summed E-state index contributed by atoms with van der Waals surface area (Å²) in [6.45, 7) is 5.27. The van der Waals surface area contributed by atoms with E-state index in [1.165, 1.54) is 21.9 Å². The topological polar surface area (TPSA) is 102 Å². The van der Waals surface area contributed by atoms with Gasteiger partial charge >= 0.3 is 5.69 Å². The van der Waals surface area contributed by atoms with Gasteiger partial charge in [0.05, 0.1) is 21.1 Å². The molecule has 0 radical (unpaired) electrons. The van der Waals surface area contributed by atoms with E-state index in [1.807, 2.05) is 6.07 Å². The first-order valence-electron chi connectivity index (χ1n) is 10.3. The van der Waals surface area contributed by atoms with Crippen LogP contribution in [-0.4, -0.2) is 31.5 Å². The van der Waals surface area contributed by atoms with Gasteiger partial charge in [0.2, 0.25) is 5.95 Å². The molecule has 10 heteroatoms. The van der Waals surface area contributed by atoms with Crippen molar-refractivity contribution in [2.45, 2.75) is 25.9 Å². The van der Waals surface area contributed by atoms with Crippen molar-refractivity contribution >= 4 is 51.7 Å². The zero-order valence-corrected chi connectivity index (χ0v) is 19.7. The fourth-order valence-electron chi connectivity index (χ4n) is 4.17. The van der Waals surface area contributed by atoms with Crippen LogP contribution in [0.1, 0.15) is 25.0 Å². The first kappa shape index (κ1) is 21.6. The fourth-order valence-corrected chi connectivity index (χ4v) is 4.74. The molecule has 0 fully saturated rings. The van der Waals surface area contributed by atoms with E-state index >= 15 is 0 Å². The lowest BCUT2D eigenvalue weighted by Gasteiger charge is -2.28. The second-order valence-corrected chi connectivity index (χ2v) is 9.34. The van der Waals surface area contributed by atoms with Crippen molar-refractivity contribution in [2.75, 3.05) is 18.1 Å². The predicted molar refractivity (Wildman–Crippen MR) is 132 cm³/mol. The quantitative estimate of drug-likeness (QED) is 0.444. The first-order chi connectivity index (χ1) is 15.7. The molecule has 3 N–H and O–H groups in total. The number of nitrogen functional groups attached to an aromatic ring is 1. The number of nitrogens with one attached hydrogen (secondary N) is 1. The molecule has 2 aromatic heterocycles. The number of rotatable bonds is 3. The molecule has 33 heavy (non-hydrogen) atoms. The lowest BCUT2D eigenvalue weighted by molar-refractivity contribution is 0.178. The van der Waals surface area contributed by atoms with E-state index in [4.69, 9.17) is 28.9 Å². The summed E-state index contributed by atoms with van der Waals surface area (Å²) in [4.78, 5) is 28.0. The number of benzene rings is 2. The number of fused-ring (bicyclic) bond motifs is 2.